The lowest BCUT2D eigenvalue weighted by Gasteiger charge is -2.13. The Morgan fingerprint density at radius 3 is 2.48 bits per heavy atom. The number of ether oxygens (including phenoxy) is 2. The highest BCUT2D eigenvalue weighted by Crippen LogP contribution is 2.28. The second kappa shape index (κ2) is 8.91. The smallest absolute Gasteiger partial charge is 0.340 e. The van der Waals surface area contributed by atoms with Gasteiger partial charge in [0.05, 0.1) is 18.4 Å². The van der Waals surface area contributed by atoms with E-state index in [-0.39, 0.29) is 17.2 Å². The largest absolute Gasteiger partial charge is 0.495 e. The van der Waals surface area contributed by atoms with E-state index in [1.165, 1.54) is 38.3 Å². The molecule has 4 N–H and O–H groups in total. The summed E-state index contributed by atoms with van der Waals surface area (Å²) in [5.74, 6) is -1.22. The number of nitrogens with one attached hydrogen (secondary N) is 2. The summed E-state index contributed by atoms with van der Waals surface area (Å²) >= 11 is 5.78. The van der Waals surface area contributed by atoms with E-state index in [1.54, 1.807) is 12.1 Å². The number of rotatable bonds is 6. The molecule has 0 saturated carbocycles. The van der Waals surface area contributed by atoms with E-state index in [0.717, 1.165) is 0 Å². The average Bonchev–Trinajstić information content (AvgIpc) is 2.59. The summed E-state index contributed by atoms with van der Waals surface area (Å²) in [6.07, 6.45) is 0. The van der Waals surface area contributed by atoms with Crippen molar-refractivity contribution in [1.29, 1.82) is 0 Å². The molecule has 2 rings (SSSR count). The molecule has 0 aliphatic rings. The molecule has 2 aromatic carbocycles. The van der Waals surface area contributed by atoms with Crippen molar-refractivity contribution in [3.8, 4) is 5.75 Å². The fourth-order valence-corrected chi connectivity index (χ4v) is 2.38. The van der Waals surface area contributed by atoms with Gasteiger partial charge in [0.15, 0.2) is 6.61 Å². The molecule has 0 aliphatic carbocycles. The van der Waals surface area contributed by atoms with Gasteiger partial charge in [-0.25, -0.2) is 4.79 Å². The van der Waals surface area contributed by atoms with Crippen molar-refractivity contribution in [2.24, 2.45) is 0 Å². The maximum atomic E-state index is 12.1. The van der Waals surface area contributed by atoms with Crippen LogP contribution in [0.15, 0.2) is 36.4 Å². The molecule has 27 heavy (non-hydrogen) atoms. The first-order valence-electron chi connectivity index (χ1n) is 7.77. The summed E-state index contributed by atoms with van der Waals surface area (Å²) in [7, 11) is 1.44. The third-order valence-corrected chi connectivity index (χ3v) is 3.60. The van der Waals surface area contributed by atoms with Gasteiger partial charge in [0.2, 0.25) is 5.91 Å². The molecule has 0 fully saturated rings. The van der Waals surface area contributed by atoms with Crippen molar-refractivity contribution in [3.63, 3.8) is 0 Å². The van der Waals surface area contributed by atoms with Crippen LogP contribution in [0.25, 0.3) is 0 Å². The van der Waals surface area contributed by atoms with Crippen molar-refractivity contribution in [3.05, 3.63) is 47.0 Å². The summed E-state index contributed by atoms with van der Waals surface area (Å²) in [5, 5.41) is 5.54. The molecule has 0 heterocycles. The van der Waals surface area contributed by atoms with Crippen LogP contribution in [-0.4, -0.2) is 31.5 Å². The van der Waals surface area contributed by atoms with Crippen molar-refractivity contribution in [2.45, 2.75) is 6.92 Å². The van der Waals surface area contributed by atoms with E-state index in [9.17, 15) is 14.4 Å². The van der Waals surface area contributed by atoms with E-state index in [2.05, 4.69) is 10.6 Å². The third-order valence-electron chi connectivity index (χ3n) is 3.36. The van der Waals surface area contributed by atoms with Gasteiger partial charge in [-0.1, -0.05) is 11.6 Å². The van der Waals surface area contributed by atoms with Gasteiger partial charge in [0.1, 0.15) is 5.75 Å². The van der Waals surface area contributed by atoms with Crippen LogP contribution in [0.1, 0.15) is 17.3 Å². The first kappa shape index (κ1) is 20.1. The van der Waals surface area contributed by atoms with Gasteiger partial charge in [-0.3, -0.25) is 9.59 Å². The van der Waals surface area contributed by atoms with Gasteiger partial charge in [-0.05, 0) is 36.4 Å². The minimum atomic E-state index is -0.752. The minimum Gasteiger partial charge on any atom is -0.495 e. The van der Waals surface area contributed by atoms with Crippen LogP contribution in [0.2, 0.25) is 5.02 Å². The summed E-state index contributed by atoms with van der Waals surface area (Å²) in [5.41, 5.74) is 6.76. The Bertz CT molecular complexity index is 885. The molecule has 0 saturated heterocycles. The normalized spacial score (nSPS) is 10.0. The number of benzene rings is 2. The van der Waals surface area contributed by atoms with Crippen LogP contribution in [0.5, 0.6) is 5.75 Å². The number of hydrogen-bond acceptors (Lipinski definition) is 6. The van der Waals surface area contributed by atoms with E-state index < -0.39 is 18.5 Å². The highest BCUT2D eigenvalue weighted by atomic mass is 35.5. The number of hydrogen-bond donors (Lipinski definition) is 3. The van der Waals surface area contributed by atoms with Gasteiger partial charge < -0.3 is 25.8 Å². The van der Waals surface area contributed by atoms with Gasteiger partial charge in [-0.15, -0.1) is 0 Å². The number of methoxy groups -OCH3 is 1. The molecule has 8 nitrogen and oxygen atoms in total. The Morgan fingerprint density at radius 2 is 1.85 bits per heavy atom. The lowest BCUT2D eigenvalue weighted by molar-refractivity contribution is -0.119. The molecule has 0 atom stereocenters. The van der Waals surface area contributed by atoms with Gasteiger partial charge in [0, 0.05) is 23.3 Å². The number of nitrogens with two attached hydrogens (primary N) is 1. The Labute approximate surface area is 160 Å². The third kappa shape index (κ3) is 5.61. The maximum Gasteiger partial charge on any atom is 0.340 e. The minimum absolute atomic E-state index is 0.109. The zero-order valence-electron chi connectivity index (χ0n) is 14.7. The van der Waals surface area contributed by atoms with Crippen LogP contribution >= 0.6 is 11.6 Å². The first-order valence-corrected chi connectivity index (χ1v) is 8.15. The molecular weight excluding hydrogens is 374 g/mol. The van der Waals surface area contributed by atoms with Crippen LogP contribution in [0.3, 0.4) is 0 Å². The Hall–Kier alpha value is -3.26. The first-order chi connectivity index (χ1) is 12.8. The van der Waals surface area contributed by atoms with E-state index >= 15 is 0 Å². The molecule has 9 heteroatoms. The molecule has 0 aliphatic heterocycles. The molecule has 142 valence electrons. The molecule has 0 spiro atoms. The zero-order chi connectivity index (χ0) is 20.0. The van der Waals surface area contributed by atoms with Crippen molar-refractivity contribution in [1.82, 2.24) is 0 Å². The quantitative estimate of drug-likeness (QED) is 0.514. The van der Waals surface area contributed by atoms with E-state index in [1.807, 2.05) is 0 Å². The fourth-order valence-electron chi connectivity index (χ4n) is 2.20. The number of carbonyl (C=O) groups excluding carboxylic acids is 3. The summed E-state index contributed by atoms with van der Waals surface area (Å²) < 4.78 is 10.1. The molecule has 2 aromatic rings. The molecule has 0 aromatic heterocycles. The number of anilines is 3. The molecule has 0 unspecified atom stereocenters. The molecule has 0 radical (unpaired) electrons. The summed E-state index contributed by atoms with van der Waals surface area (Å²) in [4.78, 5) is 35.3. The number of halogens is 1. The predicted molar refractivity (Wildman–Crippen MR) is 102 cm³/mol. The average molecular weight is 392 g/mol. The molecule has 0 bridgehead atoms. The lowest BCUT2D eigenvalue weighted by atomic mass is 10.2. The monoisotopic (exact) mass is 391 g/mol. The number of carbonyl (C=O) groups is 3. The number of esters is 1. The predicted octanol–water partition coefficient (Wildman–Crippen LogP) is 2.68. The van der Waals surface area contributed by atoms with Crippen LogP contribution in [-0.2, 0) is 14.3 Å². The van der Waals surface area contributed by atoms with Crippen LogP contribution in [0, 0.1) is 0 Å². The highest BCUT2D eigenvalue weighted by molar-refractivity contribution is 6.31. The van der Waals surface area contributed by atoms with Gasteiger partial charge in [0.25, 0.3) is 5.91 Å². The second-order valence-electron chi connectivity index (χ2n) is 5.45. The summed E-state index contributed by atoms with van der Waals surface area (Å²) in [6.45, 7) is 0.832. The SMILES string of the molecule is COc1ccc(NC(C)=O)cc1NC(=O)COC(=O)c1ccc(Cl)cc1N. The zero-order valence-corrected chi connectivity index (χ0v) is 15.4. The van der Waals surface area contributed by atoms with Crippen LogP contribution < -0.4 is 21.1 Å². The van der Waals surface area contributed by atoms with Gasteiger partial charge in [-0.2, -0.15) is 0 Å². The number of amides is 2. The Balaban J connectivity index is 2.02. The van der Waals surface area contributed by atoms with Crippen molar-refractivity contribution in [2.75, 3.05) is 30.1 Å². The van der Waals surface area contributed by atoms with E-state index in [0.29, 0.717) is 22.1 Å². The highest BCUT2D eigenvalue weighted by Gasteiger charge is 2.15. The van der Waals surface area contributed by atoms with E-state index in [4.69, 9.17) is 26.8 Å². The van der Waals surface area contributed by atoms with Crippen LogP contribution in [0.4, 0.5) is 17.1 Å². The van der Waals surface area contributed by atoms with Crippen molar-refractivity contribution >= 4 is 46.4 Å². The topological polar surface area (TPSA) is 120 Å². The Kier molecular flexibility index (Phi) is 6.62. The Morgan fingerprint density at radius 1 is 1.11 bits per heavy atom. The molecule has 2 amide bonds. The fraction of sp³-hybridized carbons (Fsp3) is 0.167. The number of nitrogen functional groups attached to an aromatic ring is 1. The second-order valence-corrected chi connectivity index (χ2v) is 5.89. The standard InChI is InChI=1S/C18H18ClN3O5/c1-10(23)21-12-4-6-16(26-2)15(8-12)22-17(24)9-27-18(25)13-5-3-11(19)7-14(13)20/h3-8H,9,20H2,1-2H3,(H,21,23)(H,22,24). The maximum absolute atomic E-state index is 12.1. The summed E-state index contributed by atoms with van der Waals surface area (Å²) in [6, 6.07) is 9.05. The molecular formula is C18H18ClN3O5. The lowest BCUT2D eigenvalue weighted by Crippen LogP contribution is -2.21. The van der Waals surface area contributed by atoms with Gasteiger partial charge >= 0.3 is 5.97 Å². The van der Waals surface area contributed by atoms with Crippen molar-refractivity contribution < 1.29 is 23.9 Å².